The van der Waals surface area contributed by atoms with Crippen LogP contribution in [0.2, 0.25) is 5.02 Å². The van der Waals surface area contributed by atoms with Crippen LogP contribution in [0, 0.1) is 0 Å². The van der Waals surface area contributed by atoms with Gasteiger partial charge in [0.05, 0.1) is 6.54 Å². The van der Waals surface area contributed by atoms with Gasteiger partial charge in [-0.05, 0) is 35.7 Å². The first-order chi connectivity index (χ1) is 11.6. The van der Waals surface area contributed by atoms with Gasteiger partial charge in [0, 0.05) is 10.4 Å². The molecule has 0 aliphatic heterocycles. The van der Waals surface area contributed by atoms with E-state index in [0.717, 1.165) is 5.39 Å². The number of nitrogens with one attached hydrogen (secondary N) is 2. The molecule has 1 aromatic heterocycles. The maximum absolute atomic E-state index is 12.1. The second-order valence-electron chi connectivity index (χ2n) is 5.16. The summed E-state index contributed by atoms with van der Waals surface area (Å²) in [5.74, 6) is 0.281. The van der Waals surface area contributed by atoms with Crippen molar-refractivity contribution in [2.75, 3.05) is 13.2 Å². The van der Waals surface area contributed by atoms with Gasteiger partial charge in [0.25, 0.3) is 11.5 Å². The number of pyridine rings is 1. The highest BCUT2D eigenvalue weighted by Crippen LogP contribution is 2.16. The smallest absolute Gasteiger partial charge is 0.267 e. The van der Waals surface area contributed by atoms with E-state index in [0.29, 0.717) is 29.3 Å². The highest BCUT2D eigenvalue weighted by atomic mass is 35.5. The predicted octanol–water partition coefficient (Wildman–Crippen LogP) is 2.99. The van der Waals surface area contributed by atoms with Gasteiger partial charge in [-0.3, -0.25) is 9.59 Å². The number of rotatable bonds is 5. The Morgan fingerprint density at radius 1 is 1.12 bits per heavy atom. The normalized spacial score (nSPS) is 10.5. The molecule has 0 spiro atoms. The van der Waals surface area contributed by atoms with E-state index in [1.165, 1.54) is 0 Å². The van der Waals surface area contributed by atoms with Crippen molar-refractivity contribution >= 4 is 28.3 Å². The van der Waals surface area contributed by atoms with Crippen LogP contribution in [0.1, 0.15) is 10.5 Å². The molecule has 1 heterocycles. The molecule has 0 saturated heterocycles. The summed E-state index contributed by atoms with van der Waals surface area (Å²) >= 11 is 5.87. The van der Waals surface area contributed by atoms with Gasteiger partial charge in [0.2, 0.25) is 0 Å². The summed E-state index contributed by atoms with van der Waals surface area (Å²) in [7, 11) is 0. The lowest BCUT2D eigenvalue weighted by Gasteiger charge is -2.08. The lowest BCUT2D eigenvalue weighted by Crippen LogP contribution is -2.30. The molecule has 24 heavy (non-hydrogen) atoms. The summed E-state index contributed by atoms with van der Waals surface area (Å²) in [4.78, 5) is 26.7. The summed E-state index contributed by atoms with van der Waals surface area (Å²) in [5.41, 5.74) is -0.0603. The Labute approximate surface area is 143 Å². The highest BCUT2D eigenvalue weighted by Gasteiger charge is 2.08. The van der Waals surface area contributed by atoms with Gasteiger partial charge in [-0.15, -0.1) is 0 Å². The molecule has 3 rings (SSSR count). The van der Waals surface area contributed by atoms with Crippen LogP contribution < -0.4 is 15.6 Å². The molecule has 122 valence electrons. The van der Waals surface area contributed by atoms with Crippen LogP contribution >= 0.6 is 11.6 Å². The fourth-order valence-corrected chi connectivity index (χ4v) is 2.50. The molecule has 0 atom stereocenters. The molecule has 0 unspecified atom stereocenters. The van der Waals surface area contributed by atoms with Crippen molar-refractivity contribution in [3.8, 4) is 5.75 Å². The molecule has 6 heteroatoms. The summed E-state index contributed by atoms with van der Waals surface area (Å²) < 4.78 is 5.50. The van der Waals surface area contributed by atoms with Gasteiger partial charge < -0.3 is 15.0 Å². The third-order valence-corrected chi connectivity index (χ3v) is 3.69. The number of fused-ring (bicyclic) bond motifs is 1. The number of hydrogen-bond acceptors (Lipinski definition) is 3. The first-order valence-corrected chi connectivity index (χ1v) is 7.80. The topological polar surface area (TPSA) is 71.2 Å². The van der Waals surface area contributed by atoms with Crippen LogP contribution in [0.15, 0.2) is 59.4 Å². The van der Waals surface area contributed by atoms with Crippen molar-refractivity contribution in [2.24, 2.45) is 0 Å². The summed E-state index contributed by atoms with van der Waals surface area (Å²) in [6, 6.07) is 15.8. The van der Waals surface area contributed by atoms with E-state index < -0.39 is 0 Å². The third-order valence-electron chi connectivity index (χ3n) is 3.45. The number of carbonyl (C=O) groups excluding carboxylic acids is 1. The first-order valence-electron chi connectivity index (χ1n) is 7.42. The van der Waals surface area contributed by atoms with Gasteiger partial charge in [-0.1, -0.05) is 35.9 Å². The van der Waals surface area contributed by atoms with Crippen molar-refractivity contribution in [2.45, 2.75) is 0 Å². The first kappa shape index (κ1) is 16.1. The van der Waals surface area contributed by atoms with Gasteiger partial charge >= 0.3 is 0 Å². The molecule has 0 saturated carbocycles. The number of carbonyl (C=O) groups is 1. The van der Waals surface area contributed by atoms with E-state index in [9.17, 15) is 9.59 Å². The zero-order valence-electron chi connectivity index (χ0n) is 12.7. The standard InChI is InChI=1S/C18H15ClN2O3/c19-13-5-3-6-14(11-13)24-9-8-20-18(23)16-10-12-4-1-2-7-15(12)17(22)21-16/h1-7,10-11H,8-9H2,(H,20,23)(H,21,22). The number of halogens is 1. The molecule has 1 amide bonds. The summed E-state index contributed by atoms with van der Waals surface area (Å²) in [6.45, 7) is 0.601. The van der Waals surface area contributed by atoms with Crippen molar-refractivity contribution < 1.29 is 9.53 Å². The van der Waals surface area contributed by atoms with Crippen LogP contribution in [0.3, 0.4) is 0 Å². The van der Waals surface area contributed by atoms with Gasteiger partial charge in [-0.2, -0.15) is 0 Å². The fraction of sp³-hybridized carbons (Fsp3) is 0.111. The molecule has 0 radical (unpaired) electrons. The van der Waals surface area contributed by atoms with Gasteiger partial charge in [-0.25, -0.2) is 0 Å². The summed E-state index contributed by atoms with van der Waals surface area (Å²) in [6.07, 6.45) is 0. The Morgan fingerprint density at radius 3 is 2.79 bits per heavy atom. The van der Waals surface area contributed by atoms with Crippen molar-refractivity contribution in [3.63, 3.8) is 0 Å². The second kappa shape index (κ2) is 7.19. The van der Waals surface area contributed by atoms with Crippen LogP contribution in [0.4, 0.5) is 0 Å². The molecular weight excluding hydrogens is 328 g/mol. The van der Waals surface area contributed by atoms with E-state index >= 15 is 0 Å². The molecule has 0 fully saturated rings. The van der Waals surface area contributed by atoms with Crippen LogP contribution in [0.25, 0.3) is 10.8 Å². The number of benzene rings is 2. The monoisotopic (exact) mass is 342 g/mol. The van der Waals surface area contributed by atoms with Gasteiger partial charge in [0.15, 0.2) is 0 Å². The van der Waals surface area contributed by atoms with Crippen LogP contribution in [-0.4, -0.2) is 24.0 Å². The Balaban J connectivity index is 1.60. The fourth-order valence-electron chi connectivity index (χ4n) is 2.32. The SMILES string of the molecule is O=C(NCCOc1cccc(Cl)c1)c1cc2ccccc2c(=O)[nH]1. The van der Waals surface area contributed by atoms with E-state index in [1.807, 2.05) is 6.07 Å². The maximum atomic E-state index is 12.1. The predicted molar refractivity (Wildman–Crippen MR) is 93.8 cm³/mol. The summed E-state index contributed by atoms with van der Waals surface area (Å²) in [5, 5.41) is 4.57. The van der Waals surface area contributed by atoms with E-state index in [2.05, 4.69) is 10.3 Å². The molecule has 0 aliphatic rings. The highest BCUT2D eigenvalue weighted by molar-refractivity contribution is 6.30. The number of amides is 1. The minimum atomic E-state index is -0.354. The minimum absolute atomic E-state index is 0.224. The molecule has 2 aromatic carbocycles. The van der Waals surface area contributed by atoms with Crippen molar-refractivity contribution in [3.05, 3.63) is 75.7 Å². The zero-order valence-corrected chi connectivity index (χ0v) is 13.5. The number of ether oxygens (including phenoxy) is 1. The van der Waals surface area contributed by atoms with Crippen LogP contribution in [0.5, 0.6) is 5.75 Å². The molecule has 5 nitrogen and oxygen atoms in total. The Bertz CT molecular complexity index is 937. The third kappa shape index (κ3) is 3.75. The Kier molecular flexibility index (Phi) is 4.82. The van der Waals surface area contributed by atoms with Crippen LogP contribution in [-0.2, 0) is 0 Å². The maximum Gasteiger partial charge on any atom is 0.267 e. The molecule has 0 bridgehead atoms. The second-order valence-corrected chi connectivity index (χ2v) is 5.60. The van der Waals surface area contributed by atoms with Gasteiger partial charge in [0.1, 0.15) is 18.1 Å². The molecule has 0 aliphatic carbocycles. The van der Waals surface area contributed by atoms with E-state index in [1.54, 1.807) is 48.5 Å². The molecular formula is C18H15ClN2O3. The van der Waals surface area contributed by atoms with E-state index in [4.69, 9.17) is 16.3 Å². The lowest BCUT2D eigenvalue weighted by atomic mass is 10.1. The quantitative estimate of drug-likeness (QED) is 0.700. The number of H-pyrrole nitrogens is 1. The average molecular weight is 343 g/mol. The molecule has 2 N–H and O–H groups in total. The number of aromatic nitrogens is 1. The van der Waals surface area contributed by atoms with Crippen molar-refractivity contribution in [1.82, 2.24) is 10.3 Å². The lowest BCUT2D eigenvalue weighted by molar-refractivity contribution is 0.0942. The Morgan fingerprint density at radius 2 is 1.96 bits per heavy atom. The Hall–Kier alpha value is -2.79. The average Bonchev–Trinajstić information content (AvgIpc) is 2.58. The minimum Gasteiger partial charge on any atom is -0.492 e. The number of aromatic amines is 1. The largest absolute Gasteiger partial charge is 0.492 e. The number of hydrogen-bond donors (Lipinski definition) is 2. The zero-order chi connectivity index (χ0) is 16.9. The van der Waals surface area contributed by atoms with E-state index in [-0.39, 0.29) is 17.2 Å². The van der Waals surface area contributed by atoms with Crippen molar-refractivity contribution in [1.29, 1.82) is 0 Å². The molecule has 3 aromatic rings.